The van der Waals surface area contributed by atoms with Crippen molar-refractivity contribution >= 4 is 12.4 Å². The molecule has 2 aromatic carbocycles. The summed E-state index contributed by atoms with van der Waals surface area (Å²) in [6.07, 6.45) is -4.91. The Kier molecular flexibility index (Phi) is 6.07. The van der Waals surface area contributed by atoms with Gasteiger partial charge < -0.3 is 10.5 Å². The molecule has 24 heavy (non-hydrogen) atoms. The molecule has 2 aromatic rings. The Bertz CT molecular complexity index is 692. The molecule has 0 saturated heterocycles. The molecular weight excluding hydrogens is 367 g/mol. The summed E-state index contributed by atoms with van der Waals surface area (Å²) in [5.41, 5.74) is 4.43. The maximum Gasteiger partial charge on any atom is 0.573 e. The van der Waals surface area contributed by atoms with E-state index < -0.39 is 47.0 Å². The summed E-state index contributed by atoms with van der Waals surface area (Å²) >= 11 is 0. The second kappa shape index (κ2) is 7.27. The number of halogens is 8. The van der Waals surface area contributed by atoms with E-state index in [0.29, 0.717) is 0 Å². The van der Waals surface area contributed by atoms with Crippen LogP contribution < -0.4 is 10.5 Å². The van der Waals surface area contributed by atoms with Crippen molar-refractivity contribution in [2.75, 3.05) is 0 Å². The van der Waals surface area contributed by atoms with E-state index in [1.165, 1.54) is 0 Å². The van der Waals surface area contributed by atoms with E-state index in [2.05, 4.69) is 4.74 Å². The van der Waals surface area contributed by atoms with Gasteiger partial charge in [-0.2, -0.15) is 0 Å². The Hall–Kier alpha value is -2.00. The summed E-state index contributed by atoms with van der Waals surface area (Å²) in [6, 6.07) is 2.10. The van der Waals surface area contributed by atoms with Crippen molar-refractivity contribution in [2.24, 2.45) is 5.73 Å². The van der Waals surface area contributed by atoms with Gasteiger partial charge in [-0.25, -0.2) is 17.6 Å². The lowest BCUT2D eigenvalue weighted by atomic mass is 9.98. The van der Waals surface area contributed by atoms with Crippen LogP contribution in [0.25, 0.3) is 0 Å². The third-order valence-corrected chi connectivity index (χ3v) is 2.93. The monoisotopic (exact) mass is 375 g/mol. The molecule has 0 unspecified atom stereocenters. The number of hydrogen-bond donors (Lipinski definition) is 1. The number of nitrogens with two attached hydrogens (primary N) is 1. The van der Waals surface area contributed by atoms with Crippen LogP contribution in [-0.4, -0.2) is 6.36 Å². The standard InChI is InChI=1S/C14H8F7NO.ClH/c15-8-5-9(16)12(18)10(11(8)17)13(22)6-1-3-7(4-2-6)23-14(19,20)21;/h1-5,13H,22H2;1H/t13-;/m0./s1. The zero-order valence-electron chi connectivity index (χ0n) is 11.5. The molecule has 2 rings (SSSR count). The Morgan fingerprint density at radius 3 is 1.75 bits per heavy atom. The van der Waals surface area contributed by atoms with E-state index in [9.17, 15) is 30.7 Å². The number of rotatable bonds is 3. The zero-order valence-corrected chi connectivity index (χ0v) is 12.3. The molecular formula is C14H9ClF7NO. The predicted octanol–water partition coefficient (Wildman–Crippen LogP) is 4.61. The fourth-order valence-corrected chi connectivity index (χ4v) is 1.91. The Morgan fingerprint density at radius 1 is 0.875 bits per heavy atom. The SMILES string of the molecule is Cl.N[C@@H](c1ccc(OC(F)(F)F)cc1)c1c(F)c(F)cc(F)c1F. The molecule has 132 valence electrons. The van der Waals surface area contributed by atoms with Crippen molar-refractivity contribution < 1.29 is 35.5 Å². The van der Waals surface area contributed by atoms with Gasteiger partial charge in [0.05, 0.1) is 11.6 Å². The van der Waals surface area contributed by atoms with E-state index in [4.69, 9.17) is 5.73 Å². The van der Waals surface area contributed by atoms with Crippen molar-refractivity contribution in [3.8, 4) is 5.75 Å². The number of benzene rings is 2. The quantitative estimate of drug-likeness (QED) is 0.628. The van der Waals surface area contributed by atoms with Crippen LogP contribution in [0.3, 0.4) is 0 Å². The molecule has 0 spiro atoms. The average Bonchev–Trinajstić information content (AvgIpc) is 2.44. The summed E-state index contributed by atoms with van der Waals surface area (Å²) in [7, 11) is 0. The molecule has 2 N–H and O–H groups in total. The second-order valence-electron chi connectivity index (χ2n) is 4.48. The molecule has 0 saturated carbocycles. The first-order chi connectivity index (χ1) is 10.6. The average molecular weight is 376 g/mol. The Balaban J connectivity index is 0.00000288. The van der Waals surface area contributed by atoms with Gasteiger partial charge in [0.1, 0.15) is 5.75 Å². The molecule has 0 radical (unpaired) electrons. The lowest BCUT2D eigenvalue weighted by Crippen LogP contribution is -2.19. The van der Waals surface area contributed by atoms with Crippen molar-refractivity contribution in [1.82, 2.24) is 0 Å². The number of alkyl halides is 3. The third-order valence-electron chi connectivity index (χ3n) is 2.93. The van der Waals surface area contributed by atoms with Crippen LogP contribution in [0, 0.1) is 23.3 Å². The zero-order chi connectivity index (χ0) is 17.4. The van der Waals surface area contributed by atoms with Gasteiger partial charge in [-0.15, -0.1) is 25.6 Å². The molecule has 1 atom stereocenters. The minimum Gasteiger partial charge on any atom is -0.406 e. The lowest BCUT2D eigenvalue weighted by Gasteiger charge is -2.16. The fourth-order valence-electron chi connectivity index (χ4n) is 1.91. The summed E-state index contributed by atoms with van der Waals surface area (Å²) in [6.45, 7) is 0. The van der Waals surface area contributed by atoms with Crippen LogP contribution in [0.4, 0.5) is 30.7 Å². The van der Waals surface area contributed by atoms with E-state index in [1.54, 1.807) is 0 Å². The molecule has 0 amide bonds. The first-order valence-electron chi connectivity index (χ1n) is 6.04. The fraction of sp³-hybridized carbons (Fsp3) is 0.143. The highest BCUT2D eigenvalue weighted by Crippen LogP contribution is 2.30. The minimum absolute atomic E-state index is 0. The Labute approximate surface area is 137 Å². The highest BCUT2D eigenvalue weighted by molar-refractivity contribution is 5.85. The van der Waals surface area contributed by atoms with Crippen LogP contribution >= 0.6 is 12.4 Å². The molecule has 0 aliphatic carbocycles. The highest BCUT2D eigenvalue weighted by Gasteiger charge is 2.31. The molecule has 0 aliphatic rings. The second-order valence-corrected chi connectivity index (χ2v) is 4.48. The van der Waals surface area contributed by atoms with Gasteiger partial charge in [0.2, 0.25) is 0 Å². The lowest BCUT2D eigenvalue weighted by molar-refractivity contribution is -0.274. The summed E-state index contributed by atoms with van der Waals surface area (Å²) in [5.74, 6) is -7.20. The summed E-state index contributed by atoms with van der Waals surface area (Å²) in [4.78, 5) is 0. The van der Waals surface area contributed by atoms with Crippen molar-refractivity contribution in [1.29, 1.82) is 0 Å². The predicted molar refractivity (Wildman–Crippen MR) is 72.7 cm³/mol. The maximum atomic E-state index is 13.6. The number of ether oxygens (including phenoxy) is 1. The Morgan fingerprint density at radius 2 is 1.33 bits per heavy atom. The highest BCUT2D eigenvalue weighted by atomic mass is 35.5. The van der Waals surface area contributed by atoms with Gasteiger partial charge in [0.15, 0.2) is 23.3 Å². The van der Waals surface area contributed by atoms with Gasteiger partial charge in [-0.05, 0) is 17.7 Å². The minimum atomic E-state index is -4.91. The van der Waals surface area contributed by atoms with E-state index in [-0.39, 0.29) is 24.0 Å². The number of hydrogen-bond acceptors (Lipinski definition) is 2. The summed E-state index contributed by atoms with van der Waals surface area (Å²) < 4.78 is 93.3. The van der Waals surface area contributed by atoms with Gasteiger partial charge in [-0.3, -0.25) is 0 Å². The molecule has 0 bridgehead atoms. The largest absolute Gasteiger partial charge is 0.573 e. The molecule has 10 heteroatoms. The van der Waals surface area contributed by atoms with Crippen LogP contribution in [-0.2, 0) is 0 Å². The van der Waals surface area contributed by atoms with E-state index in [1.807, 2.05) is 0 Å². The van der Waals surface area contributed by atoms with Crippen molar-refractivity contribution in [2.45, 2.75) is 12.4 Å². The van der Waals surface area contributed by atoms with Gasteiger partial charge in [0, 0.05) is 6.07 Å². The molecule has 0 fully saturated rings. The summed E-state index contributed by atoms with van der Waals surface area (Å²) in [5, 5.41) is 0. The first kappa shape index (κ1) is 20.0. The smallest absolute Gasteiger partial charge is 0.406 e. The van der Waals surface area contributed by atoms with Gasteiger partial charge in [-0.1, -0.05) is 12.1 Å². The normalized spacial score (nSPS) is 12.5. The van der Waals surface area contributed by atoms with Crippen LogP contribution in [0.2, 0.25) is 0 Å². The van der Waals surface area contributed by atoms with Gasteiger partial charge >= 0.3 is 6.36 Å². The van der Waals surface area contributed by atoms with Crippen molar-refractivity contribution in [3.05, 3.63) is 64.7 Å². The van der Waals surface area contributed by atoms with Crippen LogP contribution in [0.15, 0.2) is 30.3 Å². The third kappa shape index (κ3) is 4.30. The molecule has 0 aliphatic heterocycles. The van der Waals surface area contributed by atoms with Crippen molar-refractivity contribution in [3.63, 3.8) is 0 Å². The topological polar surface area (TPSA) is 35.2 Å². The van der Waals surface area contributed by atoms with Crippen LogP contribution in [0.5, 0.6) is 5.75 Å². The maximum absolute atomic E-state index is 13.6. The first-order valence-corrected chi connectivity index (χ1v) is 6.04. The van der Waals surface area contributed by atoms with Crippen LogP contribution in [0.1, 0.15) is 17.2 Å². The van der Waals surface area contributed by atoms with E-state index in [0.717, 1.165) is 24.3 Å². The molecule has 0 heterocycles. The van der Waals surface area contributed by atoms with Gasteiger partial charge in [0.25, 0.3) is 0 Å². The molecule has 0 aromatic heterocycles. The van der Waals surface area contributed by atoms with E-state index >= 15 is 0 Å². The molecule has 2 nitrogen and oxygen atoms in total.